The van der Waals surface area contributed by atoms with Gasteiger partial charge in [0.1, 0.15) is 0 Å². The normalized spacial score (nSPS) is 2.40. The van der Waals surface area contributed by atoms with E-state index in [4.69, 9.17) is 10.1 Å². The molecule has 0 aliphatic rings. The number of nitrogens with zero attached hydrogens (tertiary/aromatic N) is 1. The summed E-state index contributed by atoms with van der Waals surface area (Å²) in [6, 6.07) is 0. The van der Waals surface area contributed by atoms with Gasteiger partial charge < -0.3 is 12.8 Å². The van der Waals surface area contributed by atoms with Crippen LogP contribution in [-0.2, 0) is 0 Å². The van der Waals surface area contributed by atoms with Crippen LogP contribution in [0.1, 0.15) is 1.43 Å². The fourth-order valence-electron chi connectivity index (χ4n) is 0. The second kappa shape index (κ2) is 26.6. The molecule has 4 N–H and O–H groups in total. The van der Waals surface area contributed by atoms with E-state index in [9.17, 15) is 0 Å². The molecule has 0 heterocycles. The molecule has 0 fully saturated rings. The van der Waals surface area contributed by atoms with Gasteiger partial charge in [0.05, 0.1) is 0 Å². The molecule has 5 heteroatoms. The van der Waals surface area contributed by atoms with Crippen molar-refractivity contribution in [2.24, 2.45) is 5.34 Å². The van der Waals surface area contributed by atoms with Gasteiger partial charge in [-0.2, -0.15) is 0 Å². The molecule has 0 amide bonds. The SMILES string of the molecule is N.O=NO.[H-].[Na+]. The summed E-state index contributed by atoms with van der Waals surface area (Å²) < 4.78 is 0. The Kier molecular flexibility index (Phi) is 97.4. The predicted molar refractivity (Wildman–Crippen MR) is 13.7 cm³/mol. The maximum absolute atomic E-state index is 8.11. The third-order valence-electron chi connectivity index (χ3n) is 0. The second-order valence-electron chi connectivity index (χ2n) is 0.0816. The van der Waals surface area contributed by atoms with Gasteiger partial charge in [0.15, 0.2) is 5.34 Å². The first kappa shape index (κ1) is 18.3. The fourth-order valence-corrected chi connectivity index (χ4v) is 0. The van der Waals surface area contributed by atoms with E-state index in [0.717, 1.165) is 0 Å². The molecule has 0 unspecified atom stereocenters. The molecule has 0 rings (SSSR count). The van der Waals surface area contributed by atoms with Crippen molar-refractivity contribution in [3.8, 4) is 0 Å². The van der Waals surface area contributed by atoms with E-state index < -0.39 is 0 Å². The summed E-state index contributed by atoms with van der Waals surface area (Å²) in [6.45, 7) is 0. The number of hydrogen-bond acceptors (Lipinski definition) is 3. The minimum Gasteiger partial charge on any atom is -1.00 e. The molecule has 0 bridgehead atoms. The van der Waals surface area contributed by atoms with Gasteiger partial charge in [-0.15, -0.1) is 4.91 Å². The molecule has 0 aromatic rings. The summed E-state index contributed by atoms with van der Waals surface area (Å²) in [5.41, 5.74) is 0. The predicted octanol–water partition coefficient (Wildman–Crippen LogP) is -2.58. The van der Waals surface area contributed by atoms with Gasteiger partial charge in [-0.25, -0.2) is 0 Å². The molecular formula is H5N2NaO2. The van der Waals surface area contributed by atoms with Crippen LogP contribution < -0.4 is 35.7 Å². The zero-order chi connectivity index (χ0) is 2.71. The molecule has 0 atom stereocenters. The van der Waals surface area contributed by atoms with Crippen molar-refractivity contribution in [2.45, 2.75) is 0 Å². The van der Waals surface area contributed by atoms with Crippen molar-refractivity contribution < 1.29 is 36.2 Å². The van der Waals surface area contributed by atoms with Crippen molar-refractivity contribution in [2.75, 3.05) is 0 Å². The molecule has 0 saturated heterocycles. The van der Waals surface area contributed by atoms with Gasteiger partial charge in [-0.3, -0.25) is 0 Å². The van der Waals surface area contributed by atoms with Crippen molar-refractivity contribution >= 4 is 0 Å². The fraction of sp³-hybridized carbons (Fsp3) is 0. The summed E-state index contributed by atoms with van der Waals surface area (Å²) in [4.78, 5) is 8.11. The molecule has 0 saturated carbocycles. The Hall–Kier alpha value is 0.360. The Morgan fingerprint density at radius 3 is 1.80 bits per heavy atom. The largest absolute Gasteiger partial charge is 1.00 e. The number of hydrogen-bond donors (Lipinski definition) is 2. The molecule has 0 aromatic heterocycles. The summed E-state index contributed by atoms with van der Waals surface area (Å²) in [6.07, 6.45) is 0. The minimum absolute atomic E-state index is 0. The van der Waals surface area contributed by atoms with E-state index >= 15 is 0 Å². The van der Waals surface area contributed by atoms with Crippen LogP contribution in [0.2, 0.25) is 0 Å². The van der Waals surface area contributed by atoms with Crippen molar-refractivity contribution in [3.05, 3.63) is 4.91 Å². The van der Waals surface area contributed by atoms with Crippen LogP contribution in [0.3, 0.4) is 0 Å². The molecule has 0 spiro atoms. The first-order chi connectivity index (χ1) is 1.41. The Morgan fingerprint density at radius 2 is 1.80 bits per heavy atom. The Labute approximate surface area is 52.9 Å². The topological polar surface area (TPSA) is 84.7 Å². The van der Waals surface area contributed by atoms with Crippen LogP contribution in [0.25, 0.3) is 0 Å². The van der Waals surface area contributed by atoms with Crippen molar-refractivity contribution in [3.63, 3.8) is 0 Å². The maximum atomic E-state index is 8.11. The molecule has 0 aromatic carbocycles. The van der Waals surface area contributed by atoms with E-state index in [1.165, 1.54) is 5.34 Å². The number of rotatable bonds is 0. The van der Waals surface area contributed by atoms with Gasteiger partial charge >= 0.3 is 29.6 Å². The smallest absolute Gasteiger partial charge is 1.00 e. The third kappa shape index (κ3) is 187. The molecular weight excluding hydrogens is 83.0 g/mol. The van der Waals surface area contributed by atoms with Gasteiger partial charge in [-0.05, 0) is 0 Å². The monoisotopic (exact) mass is 88.0 g/mol. The zero-order valence-electron chi connectivity index (χ0n) is 4.01. The molecule has 5 heavy (non-hydrogen) atoms. The average Bonchev–Trinajstić information content (AvgIpc) is 0.918. The first-order valence-corrected chi connectivity index (χ1v) is 0.383. The van der Waals surface area contributed by atoms with E-state index in [0.29, 0.717) is 0 Å². The van der Waals surface area contributed by atoms with Crippen LogP contribution in [-0.4, -0.2) is 5.21 Å². The van der Waals surface area contributed by atoms with Gasteiger partial charge in [-0.1, -0.05) is 0 Å². The van der Waals surface area contributed by atoms with E-state index in [-0.39, 0.29) is 37.1 Å². The molecule has 28 valence electrons. The summed E-state index contributed by atoms with van der Waals surface area (Å²) in [5, 5.41) is 7.89. The Balaban J connectivity index is -0.00000000667. The summed E-state index contributed by atoms with van der Waals surface area (Å²) in [5.74, 6) is 0. The standard InChI is InChI=1S/HNO2.H3N.Na.H/c2-1-3;;;/h(H,2,3);1H3;;/q;;+1;-1. The quantitative estimate of drug-likeness (QED) is 0.194. The summed E-state index contributed by atoms with van der Waals surface area (Å²) in [7, 11) is 0. The van der Waals surface area contributed by atoms with Crippen molar-refractivity contribution in [1.82, 2.24) is 6.15 Å². The van der Waals surface area contributed by atoms with Crippen LogP contribution in [0, 0.1) is 4.91 Å². The zero-order valence-corrected chi connectivity index (χ0v) is 5.01. The minimum atomic E-state index is 0. The van der Waals surface area contributed by atoms with E-state index in [2.05, 4.69) is 0 Å². The maximum Gasteiger partial charge on any atom is 1.00 e. The van der Waals surface area contributed by atoms with Crippen molar-refractivity contribution in [1.29, 1.82) is 0 Å². The molecule has 0 radical (unpaired) electrons. The first-order valence-electron chi connectivity index (χ1n) is 0.383. The van der Waals surface area contributed by atoms with E-state index in [1.807, 2.05) is 0 Å². The second-order valence-corrected chi connectivity index (χ2v) is 0.0816. The van der Waals surface area contributed by atoms with Crippen LogP contribution >= 0.6 is 0 Å². The van der Waals surface area contributed by atoms with Gasteiger partial charge in [0.2, 0.25) is 0 Å². The molecule has 4 nitrogen and oxygen atoms in total. The van der Waals surface area contributed by atoms with Crippen LogP contribution in [0.15, 0.2) is 5.34 Å². The van der Waals surface area contributed by atoms with Crippen LogP contribution in [0.5, 0.6) is 0 Å². The average molecular weight is 88.0 g/mol. The Morgan fingerprint density at radius 1 is 1.80 bits per heavy atom. The molecule has 0 aliphatic carbocycles. The third-order valence-corrected chi connectivity index (χ3v) is 0. The Bertz CT molecular complexity index is 19.0. The van der Waals surface area contributed by atoms with Gasteiger partial charge in [0.25, 0.3) is 0 Å². The summed E-state index contributed by atoms with van der Waals surface area (Å²) >= 11 is 0. The van der Waals surface area contributed by atoms with E-state index in [1.54, 1.807) is 0 Å². The van der Waals surface area contributed by atoms with Gasteiger partial charge in [0, 0.05) is 0 Å². The molecule has 0 aliphatic heterocycles. The van der Waals surface area contributed by atoms with Crippen LogP contribution in [0.4, 0.5) is 0 Å².